The summed E-state index contributed by atoms with van der Waals surface area (Å²) in [5, 5.41) is 33.8. The van der Waals surface area contributed by atoms with Crippen molar-refractivity contribution in [3.05, 3.63) is 59.2 Å². The number of rotatable bonds is 7. The molecule has 0 aliphatic rings. The van der Waals surface area contributed by atoms with Gasteiger partial charge in [0.25, 0.3) is 11.8 Å². The highest BCUT2D eigenvalue weighted by molar-refractivity contribution is 6.07. The van der Waals surface area contributed by atoms with Crippen LogP contribution in [0.2, 0.25) is 0 Å². The lowest BCUT2D eigenvalue weighted by Gasteiger charge is -2.19. The van der Waals surface area contributed by atoms with Gasteiger partial charge in [0.15, 0.2) is 0 Å². The molecule has 0 fully saturated rings. The Hall–Kier alpha value is -4.41. The van der Waals surface area contributed by atoms with Crippen LogP contribution in [0.5, 0.6) is 5.75 Å². The predicted molar refractivity (Wildman–Crippen MR) is 123 cm³/mol. The molecule has 2 rings (SSSR count). The molecule has 2 aromatic rings. The van der Waals surface area contributed by atoms with E-state index in [0.29, 0.717) is 5.56 Å². The Morgan fingerprint density at radius 3 is 2.18 bits per heavy atom. The number of ether oxygens (including phenoxy) is 1. The smallest absolute Gasteiger partial charge is 0.413 e. The van der Waals surface area contributed by atoms with Gasteiger partial charge in [-0.1, -0.05) is 12.1 Å². The zero-order valence-corrected chi connectivity index (χ0v) is 18.9. The van der Waals surface area contributed by atoms with Crippen molar-refractivity contribution in [1.82, 2.24) is 10.6 Å². The maximum Gasteiger partial charge on any atom is 0.413 e. The van der Waals surface area contributed by atoms with Gasteiger partial charge in [0.05, 0.1) is 12.0 Å². The van der Waals surface area contributed by atoms with E-state index in [-0.39, 0.29) is 41.4 Å². The third kappa shape index (κ3) is 7.93. The average Bonchev–Trinajstić information content (AvgIpc) is 2.73. The second-order valence-corrected chi connectivity index (χ2v) is 8.16. The van der Waals surface area contributed by atoms with Gasteiger partial charge in [0.1, 0.15) is 17.2 Å². The molecule has 0 radical (unpaired) electrons. The second-order valence-electron chi connectivity index (χ2n) is 8.16. The van der Waals surface area contributed by atoms with Crippen molar-refractivity contribution in [3.63, 3.8) is 0 Å². The van der Waals surface area contributed by atoms with Crippen LogP contribution in [0.4, 0.5) is 10.5 Å². The minimum Gasteiger partial charge on any atom is -0.507 e. The van der Waals surface area contributed by atoms with Crippen molar-refractivity contribution in [3.8, 4) is 5.75 Å². The molecule has 0 heterocycles. The summed E-state index contributed by atoms with van der Waals surface area (Å²) in [4.78, 5) is 47.1. The summed E-state index contributed by atoms with van der Waals surface area (Å²) in [6.07, 6.45) is -1.04. The maximum absolute atomic E-state index is 12.6. The largest absolute Gasteiger partial charge is 0.507 e. The molecular formula is C23H26N4O7. The summed E-state index contributed by atoms with van der Waals surface area (Å²) in [6, 6.07) is 9.76. The van der Waals surface area contributed by atoms with Gasteiger partial charge >= 0.3 is 12.1 Å². The number of amidine groups is 1. The van der Waals surface area contributed by atoms with E-state index in [2.05, 4.69) is 16.0 Å². The first-order chi connectivity index (χ1) is 15.9. The van der Waals surface area contributed by atoms with Gasteiger partial charge in [0.2, 0.25) is 0 Å². The van der Waals surface area contributed by atoms with Gasteiger partial charge in [0, 0.05) is 23.4 Å². The van der Waals surface area contributed by atoms with E-state index < -0.39 is 29.5 Å². The van der Waals surface area contributed by atoms with Crippen LogP contribution in [-0.2, 0) is 9.53 Å². The van der Waals surface area contributed by atoms with Crippen molar-refractivity contribution in [1.29, 1.82) is 5.41 Å². The second kappa shape index (κ2) is 10.9. The fourth-order valence-electron chi connectivity index (χ4n) is 2.64. The van der Waals surface area contributed by atoms with Crippen LogP contribution in [0, 0.1) is 5.41 Å². The van der Waals surface area contributed by atoms with Crippen LogP contribution in [0.1, 0.15) is 53.5 Å². The Labute approximate surface area is 195 Å². The van der Waals surface area contributed by atoms with E-state index in [1.54, 1.807) is 20.8 Å². The highest BCUT2D eigenvalue weighted by Crippen LogP contribution is 2.22. The van der Waals surface area contributed by atoms with E-state index in [9.17, 15) is 24.3 Å². The van der Waals surface area contributed by atoms with Gasteiger partial charge in [-0.3, -0.25) is 25.1 Å². The lowest BCUT2D eigenvalue weighted by molar-refractivity contribution is -0.136. The molecule has 0 atom stereocenters. The molecule has 0 bridgehead atoms. The molecule has 0 spiro atoms. The summed E-state index contributed by atoms with van der Waals surface area (Å²) in [5.74, 6) is -2.80. The topological polar surface area (TPSA) is 178 Å². The average molecular weight is 470 g/mol. The number of alkyl carbamates (subject to hydrolysis) is 1. The molecule has 0 aliphatic heterocycles. The molecule has 2 aromatic carbocycles. The van der Waals surface area contributed by atoms with Crippen LogP contribution in [0.25, 0.3) is 0 Å². The Morgan fingerprint density at radius 2 is 1.59 bits per heavy atom. The van der Waals surface area contributed by atoms with Crippen LogP contribution in [0.3, 0.4) is 0 Å². The third-order valence-electron chi connectivity index (χ3n) is 4.19. The summed E-state index contributed by atoms with van der Waals surface area (Å²) in [7, 11) is 0. The van der Waals surface area contributed by atoms with Gasteiger partial charge in [-0.05, 0) is 51.1 Å². The number of phenolic OH excluding ortho intramolecular Hbond substituents is 1. The van der Waals surface area contributed by atoms with E-state index in [4.69, 9.17) is 15.3 Å². The monoisotopic (exact) mass is 470 g/mol. The van der Waals surface area contributed by atoms with Gasteiger partial charge in [-0.2, -0.15) is 0 Å². The molecule has 0 aliphatic carbocycles. The molecular weight excluding hydrogens is 444 g/mol. The summed E-state index contributed by atoms with van der Waals surface area (Å²) in [6.45, 7) is 4.99. The SMILES string of the molecule is CC(C)(C)OC(=O)NC(=N)c1ccc(C(=O)Nc2ccc(O)c(C(=O)NCCC(=O)O)c2)cc1. The van der Waals surface area contributed by atoms with E-state index in [1.807, 2.05) is 0 Å². The van der Waals surface area contributed by atoms with Crippen LogP contribution < -0.4 is 16.0 Å². The standard InChI is InChI=1S/C23H26N4O7/c1-23(2,3)34-22(33)27-19(24)13-4-6-14(7-5-13)20(31)26-15-8-9-17(28)16(12-15)21(32)25-11-10-18(29)30/h4-9,12,28H,10-11H2,1-3H3,(H,25,32)(H,26,31)(H,29,30)(H2,24,27,33). The first kappa shape index (κ1) is 25.8. The fourth-order valence-corrected chi connectivity index (χ4v) is 2.64. The molecule has 0 aromatic heterocycles. The molecule has 180 valence electrons. The van der Waals surface area contributed by atoms with E-state index >= 15 is 0 Å². The van der Waals surface area contributed by atoms with Crippen LogP contribution in [0.15, 0.2) is 42.5 Å². The maximum atomic E-state index is 12.6. The Bertz CT molecular complexity index is 1110. The highest BCUT2D eigenvalue weighted by atomic mass is 16.6. The number of nitrogens with one attached hydrogen (secondary N) is 4. The third-order valence-corrected chi connectivity index (χ3v) is 4.19. The van der Waals surface area contributed by atoms with Crippen molar-refractivity contribution in [2.75, 3.05) is 11.9 Å². The van der Waals surface area contributed by atoms with Gasteiger partial charge in [-0.25, -0.2) is 4.79 Å². The number of phenols is 1. The molecule has 6 N–H and O–H groups in total. The molecule has 11 nitrogen and oxygen atoms in total. The first-order valence-corrected chi connectivity index (χ1v) is 10.2. The van der Waals surface area contributed by atoms with Crippen LogP contribution >= 0.6 is 0 Å². The Morgan fingerprint density at radius 1 is 0.971 bits per heavy atom. The number of amides is 3. The quantitative estimate of drug-likeness (QED) is 0.204. The predicted octanol–water partition coefficient (Wildman–Crippen LogP) is 2.70. The summed E-state index contributed by atoms with van der Waals surface area (Å²) in [5.41, 5.74) is -0.00368. The molecule has 0 saturated carbocycles. The molecule has 11 heteroatoms. The Kier molecular flexibility index (Phi) is 8.32. The Balaban J connectivity index is 2.03. The summed E-state index contributed by atoms with van der Waals surface area (Å²) < 4.78 is 5.10. The lowest BCUT2D eigenvalue weighted by Crippen LogP contribution is -2.36. The van der Waals surface area contributed by atoms with E-state index in [1.165, 1.54) is 42.5 Å². The minimum atomic E-state index is -1.08. The number of aromatic hydroxyl groups is 1. The van der Waals surface area contributed by atoms with Crippen LogP contribution in [-0.4, -0.2) is 52.1 Å². The normalized spacial score (nSPS) is 10.7. The lowest BCUT2D eigenvalue weighted by atomic mass is 10.1. The molecule has 34 heavy (non-hydrogen) atoms. The summed E-state index contributed by atoms with van der Waals surface area (Å²) >= 11 is 0. The number of carbonyl (C=O) groups excluding carboxylic acids is 3. The number of carboxylic acid groups (broad SMARTS) is 1. The van der Waals surface area contributed by atoms with E-state index in [0.717, 1.165) is 0 Å². The molecule has 0 unspecified atom stereocenters. The number of carbonyl (C=O) groups is 4. The number of hydrogen-bond donors (Lipinski definition) is 6. The van der Waals surface area contributed by atoms with Gasteiger partial charge in [-0.15, -0.1) is 0 Å². The number of benzene rings is 2. The van der Waals surface area contributed by atoms with Gasteiger partial charge < -0.3 is 25.6 Å². The number of hydrogen-bond acceptors (Lipinski definition) is 7. The number of anilines is 1. The van der Waals surface area contributed by atoms with Crippen molar-refractivity contribution in [2.45, 2.75) is 32.8 Å². The van der Waals surface area contributed by atoms with Crippen molar-refractivity contribution < 1.29 is 34.1 Å². The number of carboxylic acids is 1. The molecule has 3 amide bonds. The molecule has 0 saturated heterocycles. The number of aliphatic carboxylic acids is 1. The zero-order valence-electron chi connectivity index (χ0n) is 18.9. The zero-order chi connectivity index (χ0) is 25.5. The highest BCUT2D eigenvalue weighted by Gasteiger charge is 2.18. The first-order valence-electron chi connectivity index (χ1n) is 10.2. The minimum absolute atomic E-state index is 0.117. The van der Waals surface area contributed by atoms with Crippen molar-refractivity contribution in [2.24, 2.45) is 0 Å². The van der Waals surface area contributed by atoms with Crippen molar-refractivity contribution >= 4 is 35.4 Å². The fraction of sp³-hybridized carbons (Fsp3) is 0.261.